The second kappa shape index (κ2) is 6.09. The molecule has 0 aliphatic rings. The Morgan fingerprint density at radius 1 is 1.21 bits per heavy atom. The van der Waals surface area contributed by atoms with E-state index in [-0.39, 0.29) is 17.8 Å². The largest absolute Gasteiger partial charge is 0.294 e. The van der Waals surface area contributed by atoms with E-state index >= 15 is 0 Å². The van der Waals surface area contributed by atoms with E-state index in [9.17, 15) is 13.6 Å². The molecule has 19 heavy (non-hydrogen) atoms. The van der Waals surface area contributed by atoms with E-state index in [1.165, 1.54) is 12.1 Å². The predicted octanol–water partition coefficient (Wildman–Crippen LogP) is 4.76. The molecule has 0 spiro atoms. The van der Waals surface area contributed by atoms with Crippen molar-refractivity contribution in [2.24, 2.45) is 0 Å². The summed E-state index contributed by atoms with van der Waals surface area (Å²) >= 11 is 5.38. The molecule has 0 N–H and O–H groups in total. The van der Waals surface area contributed by atoms with Crippen molar-refractivity contribution in [3.05, 3.63) is 67.2 Å². The fourth-order valence-electron chi connectivity index (χ4n) is 1.66. The number of halogens is 4. The highest BCUT2D eigenvalue weighted by Crippen LogP contribution is 2.22. The van der Waals surface area contributed by atoms with Crippen LogP contribution in [0.4, 0.5) is 8.78 Å². The molecule has 5 heteroatoms. The lowest BCUT2D eigenvalue weighted by Crippen LogP contribution is -2.07. The molecule has 0 saturated carbocycles. The summed E-state index contributed by atoms with van der Waals surface area (Å²) in [6.07, 6.45) is -0.164. The molecule has 98 valence electrons. The van der Waals surface area contributed by atoms with E-state index in [0.717, 1.165) is 9.64 Å². The van der Waals surface area contributed by atoms with Gasteiger partial charge in [-0.3, -0.25) is 4.79 Å². The average molecular weight is 437 g/mol. The number of hydrogen-bond acceptors (Lipinski definition) is 1. The van der Waals surface area contributed by atoms with Crippen LogP contribution in [0.1, 0.15) is 15.9 Å². The van der Waals surface area contributed by atoms with Crippen LogP contribution in [0.15, 0.2) is 40.9 Å². The van der Waals surface area contributed by atoms with Crippen LogP contribution in [-0.2, 0) is 6.42 Å². The molecule has 0 aliphatic heterocycles. The summed E-state index contributed by atoms with van der Waals surface area (Å²) in [6, 6.07) is 9.17. The monoisotopic (exact) mass is 436 g/mol. The van der Waals surface area contributed by atoms with Gasteiger partial charge in [0, 0.05) is 20.0 Å². The molecule has 2 rings (SSSR count). The molecule has 0 aliphatic carbocycles. The summed E-state index contributed by atoms with van der Waals surface area (Å²) in [5.41, 5.74) is 0.534. The Balaban J connectivity index is 2.31. The van der Waals surface area contributed by atoms with Crippen molar-refractivity contribution >= 4 is 44.3 Å². The lowest BCUT2D eigenvalue weighted by atomic mass is 10.0. The number of carbonyl (C=O) groups excluding carboxylic acids is 1. The maximum atomic E-state index is 13.5. The summed E-state index contributed by atoms with van der Waals surface area (Å²) in [6.45, 7) is 0. The van der Waals surface area contributed by atoms with Gasteiger partial charge >= 0.3 is 0 Å². The second-order valence-corrected chi connectivity index (χ2v) is 6.04. The van der Waals surface area contributed by atoms with E-state index < -0.39 is 11.6 Å². The first-order chi connectivity index (χ1) is 8.99. The Bertz CT molecular complexity index is 643. The summed E-state index contributed by atoms with van der Waals surface area (Å²) < 4.78 is 28.2. The molecular weight excluding hydrogens is 429 g/mol. The summed E-state index contributed by atoms with van der Waals surface area (Å²) in [5.74, 6) is -2.15. The van der Waals surface area contributed by atoms with Gasteiger partial charge < -0.3 is 0 Å². The fraction of sp³-hybridized carbons (Fsp3) is 0.0714. The van der Waals surface area contributed by atoms with E-state index in [1.54, 1.807) is 12.1 Å². The summed E-state index contributed by atoms with van der Waals surface area (Å²) in [5, 5.41) is 0. The van der Waals surface area contributed by atoms with Crippen LogP contribution in [0, 0.1) is 15.2 Å². The third-order valence-electron chi connectivity index (χ3n) is 2.61. The van der Waals surface area contributed by atoms with Crippen molar-refractivity contribution in [3.63, 3.8) is 0 Å². The van der Waals surface area contributed by atoms with E-state index in [0.29, 0.717) is 10.0 Å². The SMILES string of the molecule is O=C(Cc1cccc(F)c1F)c1cc(I)ccc1Br. The maximum Gasteiger partial charge on any atom is 0.168 e. The Hall–Kier alpha value is -0.820. The zero-order valence-electron chi connectivity index (χ0n) is 9.59. The van der Waals surface area contributed by atoms with Crippen LogP contribution >= 0.6 is 38.5 Å². The quantitative estimate of drug-likeness (QED) is 0.501. The Labute approximate surface area is 131 Å². The van der Waals surface area contributed by atoms with Crippen molar-refractivity contribution in [2.45, 2.75) is 6.42 Å². The standard InChI is InChI=1S/C14H8BrF2IO/c15-11-5-4-9(18)7-10(11)13(19)6-8-2-1-3-12(16)14(8)17/h1-5,7H,6H2. The van der Waals surface area contributed by atoms with Gasteiger partial charge in [0.2, 0.25) is 0 Å². The zero-order valence-corrected chi connectivity index (χ0v) is 13.3. The topological polar surface area (TPSA) is 17.1 Å². The molecule has 0 aromatic heterocycles. The van der Waals surface area contributed by atoms with Gasteiger partial charge in [-0.15, -0.1) is 0 Å². The first-order valence-electron chi connectivity index (χ1n) is 5.40. The number of rotatable bonds is 3. The molecule has 0 fully saturated rings. The molecule has 0 atom stereocenters. The van der Waals surface area contributed by atoms with Crippen molar-refractivity contribution in [1.82, 2.24) is 0 Å². The van der Waals surface area contributed by atoms with Gasteiger partial charge in [0.1, 0.15) is 0 Å². The first kappa shape index (κ1) is 14.6. The van der Waals surface area contributed by atoms with E-state index in [4.69, 9.17) is 0 Å². The highest BCUT2D eigenvalue weighted by molar-refractivity contribution is 14.1. The molecule has 2 aromatic carbocycles. The number of carbonyl (C=O) groups is 1. The van der Waals surface area contributed by atoms with Crippen LogP contribution < -0.4 is 0 Å². The molecule has 0 amide bonds. The normalized spacial score (nSPS) is 10.5. The lowest BCUT2D eigenvalue weighted by Gasteiger charge is -2.06. The third kappa shape index (κ3) is 3.39. The fourth-order valence-corrected chi connectivity index (χ4v) is 2.62. The number of benzene rings is 2. The zero-order chi connectivity index (χ0) is 14.0. The second-order valence-electron chi connectivity index (χ2n) is 3.94. The van der Waals surface area contributed by atoms with Crippen molar-refractivity contribution in [3.8, 4) is 0 Å². The van der Waals surface area contributed by atoms with Gasteiger partial charge in [-0.1, -0.05) is 28.1 Å². The van der Waals surface area contributed by atoms with Gasteiger partial charge in [0.15, 0.2) is 17.4 Å². The van der Waals surface area contributed by atoms with Crippen LogP contribution in [0.3, 0.4) is 0 Å². The Kier molecular flexibility index (Phi) is 4.67. The average Bonchev–Trinajstić information content (AvgIpc) is 2.38. The molecule has 1 nitrogen and oxygen atoms in total. The van der Waals surface area contributed by atoms with Gasteiger partial charge in [0.05, 0.1) is 0 Å². The van der Waals surface area contributed by atoms with E-state index in [2.05, 4.69) is 38.5 Å². The smallest absolute Gasteiger partial charge is 0.168 e. The van der Waals surface area contributed by atoms with Gasteiger partial charge in [-0.2, -0.15) is 0 Å². The van der Waals surface area contributed by atoms with Crippen LogP contribution in [0.25, 0.3) is 0 Å². The maximum absolute atomic E-state index is 13.5. The molecule has 0 saturated heterocycles. The number of hydrogen-bond donors (Lipinski definition) is 0. The van der Waals surface area contributed by atoms with Gasteiger partial charge in [-0.25, -0.2) is 8.78 Å². The first-order valence-corrected chi connectivity index (χ1v) is 7.27. The minimum Gasteiger partial charge on any atom is -0.294 e. The molecule has 2 aromatic rings. The van der Waals surface area contributed by atoms with Crippen molar-refractivity contribution in [1.29, 1.82) is 0 Å². The predicted molar refractivity (Wildman–Crippen MR) is 81.3 cm³/mol. The minimum atomic E-state index is -0.961. The van der Waals surface area contributed by atoms with Crippen molar-refractivity contribution in [2.75, 3.05) is 0 Å². The molecule has 0 bridgehead atoms. The number of ketones is 1. The highest BCUT2D eigenvalue weighted by atomic mass is 127. The van der Waals surface area contributed by atoms with Crippen molar-refractivity contribution < 1.29 is 13.6 Å². The highest BCUT2D eigenvalue weighted by Gasteiger charge is 2.15. The van der Waals surface area contributed by atoms with Gasteiger partial charge in [0.25, 0.3) is 0 Å². The Morgan fingerprint density at radius 3 is 2.68 bits per heavy atom. The summed E-state index contributed by atoms with van der Waals surface area (Å²) in [7, 11) is 0. The van der Waals surface area contributed by atoms with Crippen LogP contribution in [0.5, 0.6) is 0 Å². The molecule has 0 radical (unpaired) electrons. The lowest BCUT2D eigenvalue weighted by molar-refractivity contribution is 0.0991. The van der Waals surface area contributed by atoms with E-state index in [1.807, 2.05) is 6.07 Å². The molecular formula is C14H8BrF2IO. The Morgan fingerprint density at radius 2 is 1.95 bits per heavy atom. The third-order valence-corrected chi connectivity index (χ3v) is 3.97. The van der Waals surface area contributed by atoms with Gasteiger partial charge in [-0.05, 0) is 52.4 Å². The summed E-state index contributed by atoms with van der Waals surface area (Å²) in [4.78, 5) is 12.1. The minimum absolute atomic E-state index is 0.0655. The molecule has 0 heterocycles. The molecule has 0 unspecified atom stereocenters. The number of Topliss-reactive ketones (excluding diaryl/α,β-unsaturated/α-hetero) is 1. The van der Waals surface area contributed by atoms with Crippen LogP contribution in [-0.4, -0.2) is 5.78 Å². The van der Waals surface area contributed by atoms with Crippen LogP contribution in [0.2, 0.25) is 0 Å².